The smallest absolute Gasteiger partial charge is 0.256 e. The Kier molecular flexibility index (Phi) is 4.42. The van der Waals surface area contributed by atoms with Gasteiger partial charge in [0.2, 0.25) is 0 Å². The summed E-state index contributed by atoms with van der Waals surface area (Å²) >= 11 is 6.24. The molecule has 0 bridgehead atoms. The minimum atomic E-state index is -0.778. The number of rotatable bonds is 3. The van der Waals surface area contributed by atoms with Crippen molar-refractivity contribution in [1.29, 1.82) is 0 Å². The Labute approximate surface area is 192 Å². The number of carbonyl (C=O) groups is 1. The van der Waals surface area contributed by atoms with Crippen molar-refractivity contribution in [3.8, 4) is 0 Å². The van der Waals surface area contributed by atoms with Crippen molar-refractivity contribution >= 4 is 17.5 Å². The third-order valence-electron chi connectivity index (χ3n) is 6.65. The number of hydrogen-bond donors (Lipinski definition) is 1. The van der Waals surface area contributed by atoms with Gasteiger partial charge >= 0.3 is 0 Å². The zero-order chi connectivity index (χ0) is 21.7. The summed E-state index contributed by atoms with van der Waals surface area (Å²) in [6, 6.07) is 36.2. The van der Waals surface area contributed by atoms with Gasteiger partial charge in [0.05, 0.1) is 12.1 Å². The van der Waals surface area contributed by atoms with Crippen LogP contribution in [0.5, 0.6) is 0 Å². The minimum Gasteiger partial charge on any atom is -0.303 e. The number of nitrogens with one attached hydrogen (secondary N) is 1. The van der Waals surface area contributed by atoms with E-state index in [9.17, 15) is 4.79 Å². The van der Waals surface area contributed by atoms with Crippen LogP contribution in [-0.4, -0.2) is 10.8 Å². The third kappa shape index (κ3) is 2.68. The van der Waals surface area contributed by atoms with Gasteiger partial charge in [-0.2, -0.15) is 0 Å². The van der Waals surface area contributed by atoms with Crippen molar-refractivity contribution in [2.24, 2.45) is 0 Å². The van der Waals surface area contributed by atoms with E-state index < -0.39 is 5.66 Å². The van der Waals surface area contributed by atoms with Gasteiger partial charge in [0, 0.05) is 16.1 Å². The lowest BCUT2D eigenvalue weighted by atomic mass is 9.91. The Balaban J connectivity index is 1.64. The number of hydrogen-bond acceptors (Lipinski definition) is 2. The molecule has 0 aromatic heterocycles. The summed E-state index contributed by atoms with van der Waals surface area (Å²) in [5.74, 6) is 0.0373. The molecule has 1 N–H and O–H groups in total. The molecule has 0 saturated carbocycles. The second-order valence-corrected chi connectivity index (χ2v) is 8.76. The van der Waals surface area contributed by atoms with E-state index in [0.29, 0.717) is 5.02 Å². The Bertz CT molecular complexity index is 1290. The van der Waals surface area contributed by atoms with E-state index in [-0.39, 0.29) is 18.0 Å². The number of benzene rings is 4. The lowest BCUT2D eigenvalue weighted by Gasteiger charge is -2.36. The molecule has 4 aromatic rings. The summed E-state index contributed by atoms with van der Waals surface area (Å²) in [7, 11) is 0. The summed E-state index contributed by atoms with van der Waals surface area (Å²) in [4.78, 5) is 16.0. The molecule has 1 saturated heterocycles. The minimum absolute atomic E-state index is 0.0373. The molecule has 0 spiro atoms. The molecule has 4 aromatic carbocycles. The second-order valence-electron chi connectivity index (χ2n) is 8.33. The van der Waals surface area contributed by atoms with Crippen LogP contribution in [0.4, 0.5) is 0 Å². The van der Waals surface area contributed by atoms with Crippen LogP contribution in [0.15, 0.2) is 109 Å². The van der Waals surface area contributed by atoms with Crippen LogP contribution in [0.2, 0.25) is 5.02 Å². The predicted octanol–water partition coefficient (Wildman–Crippen LogP) is 6.08. The zero-order valence-corrected chi connectivity index (χ0v) is 18.0. The average molecular weight is 437 g/mol. The maximum Gasteiger partial charge on any atom is 0.256 e. The summed E-state index contributed by atoms with van der Waals surface area (Å²) in [5.41, 5.74) is 4.19. The monoisotopic (exact) mass is 436 g/mol. The molecule has 0 radical (unpaired) electrons. The molecule has 3 atom stereocenters. The van der Waals surface area contributed by atoms with Gasteiger partial charge in [0.1, 0.15) is 5.66 Å². The van der Waals surface area contributed by atoms with E-state index in [1.54, 1.807) is 0 Å². The van der Waals surface area contributed by atoms with E-state index in [0.717, 1.165) is 27.8 Å². The molecule has 2 heterocycles. The first-order valence-corrected chi connectivity index (χ1v) is 11.1. The Hall–Kier alpha value is -3.40. The van der Waals surface area contributed by atoms with Crippen LogP contribution in [0, 0.1) is 0 Å². The van der Waals surface area contributed by atoms with Crippen molar-refractivity contribution < 1.29 is 4.79 Å². The molecule has 32 heavy (non-hydrogen) atoms. The average Bonchev–Trinajstić information content (AvgIpc) is 3.33. The molecule has 6 rings (SSSR count). The van der Waals surface area contributed by atoms with Crippen molar-refractivity contribution in [3.05, 3.63) is 142 Å². The molecule has 3 nitrogen and oxygen atoms in total. The van der Waals surface area contributed by atoms with Gasteiger partial charge in [-0.25, -0.2) is 0 Å². The van der Waals surface area contributed by atoms with Crippen LogP contribution < -0.4 is 5.32 Å². The normalized spacial score (nSPS) is 23.8. The summed E-state index contributed by atoms with van der Waals surface area (Å²) in [5, 5.41) is 4.59. The van der Waals surface area contributed by atoms with Crippen molar-refractivity contribution in [1.82, 2.24) is 10.2 Å². The molecular formula is C28H21ClN2O. The maximum absolute atomic E-state index is 13.9. The molecule has 0 unspecified atom stereocenters. The van der Waals surface area contributed by atoms with Gasteiger partial charge in [-0.3, -0.25) is 10.1 Å². The first kappa shape index (κ1) is 19.3. The SMILES string of the molecule is O=C1c2ccccc2[C@]2(c3ccc(Cl)cc3)N[C@H](c3ccccc3)[C@@H](c3ccccc3)N12. The Morgan fingerprint density at radius 2 is 1.31 bits per heavy atom. The summed E-state index contributed by atoms with van der Waals surface area (Å²) in [6.45, 7) is 0. The Morgan fingerprint density at radius 1 is 0.719 bits per heavy atom. The molecule has 1 amide bonds. The molecule has 0 aliphatic carbocycles. The Morgan fingerprint density at radius 3 is 2.00 bits per heavy atom. The van der Waals surface area contributed by atoms with E-state index >= 15 is 0 Å². The van der Waals surface area contributed by atoms with Crippen molar-refractivity contribution in [3.63, 3.8) is 0 Å². The molecule has 2 aliphatic rings. The molecule has 1 fully saturated rings. The fourth-order valence-corrected chi connectivity index (χ4v) is 5.44. The fourth-order valence-electron chi connectivity index (χ4n) is 5.32. The first-order chi connectivity index (χ1) is 15.7. The van der Waals surface area contributed by atoms with Gasteiger partial charge in [-0.05, 0) is 34.9 Å². The zero-order valence-electron chi connectivity index (χ0n) is 17.3. The highest BCUT2D eigenvalue weighted by Gasteiger charge is 2.61. The predicted molar refractivity (Wildman–Crippen MR) is 126 cm³/mol. The molecule has 156 valence electrons. The van der Waals surface area contributed by atoms with Crippen LogP contribution in [0.3, 0.4) is 0 Å². The second kappa shape index (κ2) is 7.33. The third-order valence-corrected chi connectivity index (χ3v) is 6.90. The molecule has 2 aliphatic heterocycles. The topological polar surface area (TPSA) is 32.3 Å². The number of amides is 1. The largest absolute Gasteiger partial charge is 0.303 e. The van der Waals surface area contributed by atoms with Crippen molar-refractivity contribution in [2.45, 2.75) is 17.7 Å². The lowest BCUT2D eigenvalue weighted by Crippen LogP contribution is -2.47. The van der Waals surface area contributed by atoms with Crippen LogP contribution in [0.25, 0.3) is 0 Å². The van der Waals surface area contributed by atoms with Crippen LogP contribution in [-0.2, 0) is 5.66 Å². The maximum atomic E-state index is 13.9. The van der Waals surface area contributed by atoms with Gasteiger partial charge in [-0.1, -0.05) is 103 Å². The van der Waals surface area contributed by atoms with Gasteiger partial charge in [0.15, 0.2) is 0 Å². The number of fused-ring (bicyclic) bond motifs is 3. The number of halogens is 1. The summed E-state index contributed by atoms with van der Waals surface area (Å²) in [6.07, 6.45) is 0. The highest BCUT2D eigenvalue weighted by Crippen LogP contribution is 2.56. The fraction of sp³-hybridized carbons (Fsp3) is 0.107. The van der Waals surface area contributed by atoms with Crippen LogP contribution in [0.1, 0.15) is 44.7 Å². The lowest BCUT2D eigenvalue weighted by molar-refractivity contribution is 0.0606. The highest BCUT2D eigenvalue weighted by molar-refractivity contribution is 6.30. The summed E-state index contributed by atoms with van der Waals surface area (Å²) < 4.78 is 0. The highest BCUT2D eigenvalue weighted by atomic mass is 35.5. The van der Waals surface area contributed by atoms with E-state index in [4.69, 9.17) is 11.6 Å². The number of nitrogens with zero attached hydrogens (tertiary/aromatic N) is 1. The van der Waals surface area contributed by atoms with Gasteiger partial charge in [0.25, 0.3) is 5.91 Å². The van der Waals surface area contributed by atoms with Crippen LogP contribution >= 0.6 is 11.6 Å². The first-order valence-electron chi connectivity index (χ1n) is 10.8. The number of carbonyl (C=O) groups excluding carboxylic acids is 1. The molecule has 4 heteroatoms. The van der Waals surface area contributed by atoms with E-state index in [1.165, 1.54) is 0 Å². The van der Waals surface area contributed by atoms with Gasteiger partial charge < -0.3 is 4.90 Å². The van der Waals surface area contributed by atoms with E-state index in [1.807, 2.05) is 83.8 Å². The van der Waals surface area contributed by atoms with Gasteiger partial charge in [-0.15, -0.1) is 0 Å². The molecular weight excluding hydrogens is 416 g/mol. The van der Waals surface area contributed by atoms with E-state index in [2.05, 4.69) is 35.6 Å². The standard InChI is InChI=1S/C28H21ClN2O/c29-22-17-15-21(16-18-22)28-24-14-8-7-13-23(24)27(32)31(28)26(20-11-5-2-6-12-20)25(30-28)19-9-3-1-4-10-19/h1-18,25-26,30H/t25-,26-,28-/m1/s1. The van der Waals surface area contributed by atoms with Crippen molar-refractivity contribution in [2.75, 3.05) is 0 Å². The quantitative estimate of drug-likeness (QED) is 0.422.